The molecule has 2 N–H and O–H groups in total. The average molecular weight is 542 g/mol. The molecule has 1 fully saturated rings. The number of hydrogen-bond donors (Lipinski definition) is 2. The summed E-state index contributed by atoms with van der Waals surface area (Å²) < 4.78 is 0. The molecule has 39 heavy (non-hydrogen) atoms. The molecule has 6 nitrogen and oxygen atoms in total. The summed E-state index contributed by atoms with van der Waals surface area (Å²) in [5.74, 6) is -1.07. The van der Waals surface area contributed by atoms with Crippen LogP contribution in [-0.4, -0.2) is 54.6 Å². The van der Waals surface area contributed by atoms with Crippen molar-refractivity contribution in [2.45, 2.75) is 19.4 Å². The fourth-order valence-electron chi connectivity index (χ4n) is 5.45. The standard InChI is InChI=1S/C32H32ClN3O3/c1-2-30(37)34-20-22-3-14-29-25(19-22)4-5-26(31(29)23-6-10-27(33)11-7-23)21-35-15-17-36(18-16-35)28-12-8-24(9-13-28)32(38)39/h2-3,6-14,19H,1,4-5,15-18,20-21H2,(H,34,37)(H,38,39). The summed E-state index contributed by atoms with van der Waals surface area (Å²) in [7, 11) is 0. The highest BCUT2D eigenvalue weighted by Crippen LogP contribution is 2.37. The van der Waals surface area contributed by atoms with Gasteiger partial charge in [-0.05, 0) is 88.7 Å². The van der Waals surface area contributed by atoms with Gasteiger partial charge in [0, 0.05) is 50.0 Å². The number of benzene rings is 3. The van der Waals surface area contributed by atoms with Gasteiger partial charge in [0.25, 0.3) is 0 Å². The van der Waals surface area contributed by atoms with Crippen LogP contribution in [0.4, 0.5) is 5.69 Å². The van der Waals surface area contributed by atoms with Gasteiger partial charge in [0.05, 0.1) is 5.56 Å². The Hall–Kier alpha value is -3.87. The van der Waals surface area contributed by atoms with Crippen molar-refractivity contribution in [3.63, 3.8) is 0 Å². The molecule has 5 rings (SSSR count). The van der Waals surface area contributed by atoms with Gasteiger partial charge >= 0.3 is 5.97 Å². The molecule has 7 heteroatoms. The Morgan fingerprint density at radius 2 is 1.67 bits per heavy atom. The average Bonchev–Trinajstić information content (AvgIpc) is 2.96. The van der Waals surface area contributed by atoms with Crippen LogP contribution in [0.1, 0.15) is 39.0 Å². The van der Waals surface area contributed by atoms with Crippen molar-refractivity contribution >= 4 is 34.7 Å². The third-order valence-electron chi connectivity index (χ3n) is 7.54. The number of hydrogen-bond acceptors (Lipinski definition) is 4. The van der Waals surface area contributed by atoms with E-state index in [4.69, 9.17) is 11.6 Å². The maximum Gasteiger partial charge on any atom is 0.335 e. The number of nitrogens with zero attached hydrogens (tertiary/aromatic N) is 2. The Labute approximate surface area is 234 Å². The number of aryl methyl sites for hydroxylation is 1. The zero-order chi connectivity index (χ0) is 27.4. The van der Waals surface area contributed by atoms with Gasteiger partial charge in [0.2, 0.25) is 5.91 Å². The number of amides is 1. The van der Waals surface area contributed by atoms with E-state index >= 15 is 0 Å². The van der Waals surface area contributed by atoms with E-state index in [1.54, 1.807) is 12.1 Å². The predicted octanol–water partition coefficient (Wildman–Crippen LogP) is 5.41. The number of carboxylic acids is 1. The van der Waals surface area contributed by atoms with Crippen LogP contribution in [0.25, 0.3) is 5.57 Å². The third kappa shape index (κ3) is 6.24. The molecule has 0 spiro atoms. The lowest BCUT2D eigenvalue weighted by Gasteiger charge is -2.37. The molecule has 2 aliphatic rings. The molecule has 1 aliphatic carbocycles. The van der Waals surface area contributed by atoms with Crippen molar-refractivity contribution in [3.05, 3.63) is 118 Å². The van der Waals surface area contributed by atoms with Crippen molar-refractivity contribution < 1.29 is 14.7 Å². The van der Waals surface area contributed by atoms with E-state index in [2.05, 4.69) is 52.0 Å². The van der Waals surface area contributed by atoms with E-state index in [1.807, 2.05) is 24.3 Å². The van der Waals surface area contributed by atoms with E-state index in [9.17, 15) is 14.7 Å². The first kappa shape index (κ1) is 26.7. The molecule has 0 bridgehead atoms. The zero-order valence-corrected chi connectivity index (χ0v) is 22.6. The number of carbonyl (C=O) groups is 2. The maximum atomic E-state index is 11.6. The Morgan fingerprint density at radius 1 is 0.949 bits per heavy atom. The van der Waals surface area contributed by atoms with Crippen LogP contribution in [-0.2, 0) is 17.8 Å². The van der Waals surface area contributed by atoms with Gasteiger partial charge in [0.1, 0.15) is 0 Å². The largest absolute Gasteiger partial charge is 0.478 e. The van der Waals surface area contributed by atoms with Crippen molar-refractivity contribution in [1.82, 2.24) is 10.2 Å². The summed E-state index contributed by atoms with van der Waals surface area (Å²) in [4.78, 5) is 27.6. The Balaban J connectivity index is 1.35. The minimum absolute atomic E-state index is 0.172. The minimum Gasteiger partial charge on any atom is -0.478 e. The molecule has 1 aliphatic heterocycles. The Bertz CT molecular complexity index is 1410. The monoisotopic (exact) mass is 541 g/mol. The van der Waals surface area contributed by atoms with Gasteiger partial charge in [0.15, 0.2) is 0 Å². The van der Waals surface area contributed by atoms with Gasteiger partial charge in [-0.25, -0.2) is 4.79 Å². The first-order valence-electron chi connectivity index (χ1n) is 13.2. The van der Waals surface area contributed by atoms with Crippen LogP contribution in [0.3, 0.4) is 0 Å². The molecule has 1 amide bonds. The number of carbonyl (C=O) groups excluding carboxylic acids is 1. The second kappa shape index (κ2) is 11.9. The molecule has 0 radical (unpaired) electrons. The van der Waals surface area contributed by atoms with Gasteiger partial charge in [-0.3, -0.25) is 9.69 Å². The summed E-state index contributed by atoms with van der Waals surface area (Å²) in [5, 5.41) is 12.8. The minimum atomic E-state index is -0.902. The normalized spacial score (nSPS) is 15.6. The molecule has 1 heterocycles. The first-order chi connectivity index (χ1) is 18.9. The molecule has 200 valence electrons. The predicted molar refractivity (Wildman–Crippen MR) is 156 cm³/mol. The highest BCUT2D eigenvalue weighted by Gasteiger charge is 2.24. The third-order valence-corrected chi connectivity index (χ3v) is 7.79. The van der Waals surface area contributed by atoms with Crippen molar-refractivity contribution in [2.24, 2.45) is 0 Å². The summed E-state index contributed by atoms with van der Waals surface area (Å²) >= 11 is 6.22. The molecule has 0 saturated carbocycles. The van der Waals surface area contributed by atoms with Gasteiger partial charge < -0.3 is 15.3 Å². The number of anilines is 1. The fourth-order valence-corrected chi connectivity index (χ4v) is 5.58. The zero-order valence-electron chi connectivity index (χ0n) is 21.8. The highest BCUT2D eigenvalue weighted by atomic mass is 35.5. The van der Waals surface area contributed by atoms with Crippen LogP contribution in [0, 0.1) is 0 Å². The molecule has 3 aromatic rings. The number of aromatic carboxylic acids is 1. The molecule has 0 aromatic heterocycles. The fraction of sp³-hybridized carbons (Fsp3) is 0.250. The van der Waals surface area contributed by atoms with Crippen LogP contribution in [0.2, 0.25) is 5.02 Å². The lowest BCUT2D eigenvalue weighted by Crippen LogP contribution is -2.47. The van der Waals surface area contributed by atoms with E-state index in [1.165, 1.54) is 33.9 Å². The molecule has 0 atom stereocenters. The lowest BCUT2D eigenvalue weighted by atomic mass is 9.81. The smallest absolute Gasteiger partial charge is 0.335 e. The van der Waals surface area contributed by atoms with Crippen LogP contribution in [0.5, 0.6) is 0 Å². The molecular weight excluding hydrogens is 510 g/mol. The van der Waals surface area contributed by atoms with Crippen LogP contribution < -0.4 is 10.2 Å². The number of fused-ring (bicyclic) bond motifs is 1. The SMILES string of the molecule is C=CC(=O)NCc1ccc2c(c1)CCC(CN1CCN(c3ccc(C(=O)O)cc3)CC1)=C2c1ccc(Cl)cc1. The summed E-state index contributed by atoms with van der Waals surface area (Å²) in [6, 6.07) is 21.7. The first-order valence-corrected chi connectivity index (χ1v) is 13.6. The van der Waals surface area contributed by atoms with Gasteiger partial charge in [-0.2, -0.15) is 0 Å². The topological polar surface area (TPSA) is 72.9 Å². The molecule has 3 aromatic carbocycles. The van der Waals surface area contributed by atoms with E-state index in [0.29, 0.717) is 12.1 Å². The molecule has 0 unspecified atom stereocenters. The van der Waals surface area contributed by atoms with E-state index in [-0.39, 0.29) is 5.91 Å². The summed E-state index contributed by atoms with van der Waals surface area (Å²) in [6.07, 6.45) is 3.23. The number of nitrogens with one attached hydrogen (secondary N) is 1. The molecular formula is C32H32ClN3O3. The van der Waals surface area contributed by atoms with Crippen LogP contribution in [0.15, 0.2) is 85.0 Å². The Morgan fingerprint density at radius 3 is 2.33 bits per heavy atom. The highest BCUT2D eigenvalue weighted by molar-refractivity contribution is 6.30. The number of piperazine rings is 1. The summed E-state index contributed by atoms with van der Waals surface area (Å²) in [6.45, 7) is 8.57. The number of halogens is 1. The lowest BCUT2D eigenvalue weighted by molar-refractivity contribution is -0.116. The van der Waals surface area contributed by atoms with Gasteiger partial charge in [-0.15, -0.1) is 0 Å². The van der Waals surface area contributed by atoms with E-state index in [0.717, 1.165) is 61.8 Å². The van der Waals surface area contributed by atoms with Crippen molar-refractivity contribution in [3.8, 4) is 0 Å². The van der Waals surface area contributed by atoms with Gasteiger partial charge in [-0.1, -0.05) is 48.5 Å². The second-order valence-corrected chi connectivity index (χ2v) is 10.5. The number of carboxylic acid groups (broad SMARTS) is 1. The van der Waals surface area contributed by atoms with Crippen molar-refractivity contribution in [1.29, 1.82) is 0 Å². The van der Waals surface area contributed by atoms with Crippen molar-refractivity contribution in [2.75, 3.05) is 37.6 Å². The maximum absolute atomic E-state index is 11.6. The summed E-state index contributed by atoms with van der Waals surface area (Å²) in [5.41, 5.74) is 8.87. The molecule has 1 saturated heterocycles. The quantitative estimate of drug-likeness (QED) is 0.373. The number of rotatable bonds is 8. The van der Waals surface area contributed by atoms with E-state index < -0.39 is 5.97 Å². The second-order valence-electron chi connectivity index (χ2n) is 10.0. The Kier molecular flexibility index (Phi) is 8.15. The van der Waals surface area contributed by atoms with Crippen LogP contribution >= 0.6 is 11.6 Å².